The van der Waals surface area contributed by atoms with Crippen molar-refractivity contribution >= 4 is 15.9 Å². The predicted octanol–water partition coefficient (Wildman–Crippen LogP) is 1.25. The Morgan fingerprint density at radius 3 is 2.38 bits per heavy atom. The van der Waals surface area contributed by atoms with Crippen molar-refractivity contribution in [3.63, 3.8) is 0 Å². The molecule has 8 heteroatoms. The van der Waals surface area contributed by atoms with Gasteiger partial charge in [-0.3, -0.25) is 4.79 Å². The Morgan fingerprint density at radius 1 is 1.25 bits per heavy atom. The van der Waals surface area contributed by atoms with Crippen molar-refractivity contribution in [1.82, 2.24) is 9.62 Å². The third kappa shape index (κ3) is 6.37. The molecule has 1 unspecified atom stereocenters. The molecule has 7 nitrogen and oxygen atoms in total. The molecule has 0 heterocycles. The lowest BCUT2D eigenvalue weighted by Crippen LogP contribution is -2.38. The third-order valence-corrected chi connectivity index (χ3v) is 5.39. The minimum absolute atomic E-state index is 0.0720. The van der Waals surface area contributed by atoms with E-state index in [0.29, 0.717) is 31.0 Å². The van der Waals surface area contributed by atoms with Gasteiger partial charge in [0.25, 0.3) is 5.91 Å². The molecule has 0 aliphatic heterocycles. The van der Waals surface area contributed by atoms with Gasteiger partial charge in [-0.1, -0.05) is 0 Å². The van der Waals surface area contributed by atoms with Crippen LogP contribution in [0.1, 0.15) is 20.3 Å². The fraction of sp³-hybridized carbons (Fsp3) is 0.562. The van der Waals surface area contributed by atoms with E-state index in [-0.39, 0.29) is 11.7 Å². The first-order valence-electron chi connectivity index (χ1n) is 7.82. The van der Waals surface area contributed by atoms with Crippen molar-refractivity contribution in [1.29, 1.82) is 0 Å². The Balaban J connectivity index is 2.34. The van der Waals surface area contributed by atoms with Crippen LogP contribution >= 0.6 is 0 Å². The van der Waals surface area contributed by atoms with Gasteiger partial charge >= 0.3 is 0 Å². The highest BCUT2D eigenvalue weighted by molar-refractivity contribution is 7.89. The fourth-order valence-corrected chi connectivity index (χ4v) is 2.78. The van der Waals surface area contributed by atoms with Crippen molar-refractivity contribution in [2.75, 3.05) is 33.0 Å². The number of benzene rings is 1. The van der Waals surface area contributed by atoms with E-state index in [4.69, 9.17) is 9.47 Å². The van der Waals surface area contributed by atoms with Gasteiger partial charge < -0.3 is 14.8 Å². The maximum absolute atomic E-state index is 12.0. The van der Waals surface area contributed by atoms with Crippen molar-refractivity contribution in [3.05, 3.63) is 24.3 Å². The Morgan fingerprint density at radius 2 is 1.83 bits per heavy atom. The predicted molar refractivity (Wildman–Crippen MR) is 92.8 cm³/mol. The van der Waals surface area contributed by atoms with Gasteiger partial charge in [0.1, 0.15) is 11.5 Å². The second kappa shape index (κ2) is 9.48. The molecule has 0 radical (unpaired) electrons. The fourth-order valence-electron chi connectivity index (χ4n) is 1.93. The van der Waals surface area contributed by atoms with E-state index in [2.05, 4.69) is 5.32 Å². The molecule has 0 aliphatic rings. The Labute approximate surface area is 144 Å². The highest BCUT2D eigenvalue weighted by Gasteiger charge is 2.16. The molecule has 0 saturated carbocycles. The largest absolute Gasteiger partial charge is 0.497 e. The molecule has 136 valence electrons. The van der Waals surface area contributed by atoms with Gasteiger partial charge in [0.05, 0.1) is 12.9 Å². The number of rotatable bonds is 10. The van der Waals surface area contributed by atoms with Gasteiger partial charge in [-0.2, -0.15) is 0 Å². The summed E-state index contributed by atoms with van der Waals surface area (Å²) in [4.78, 5) is 12.0. The summed E-state index contributed by atoms with van der Waals surface area (Å²) in [6.07, 6.45) is -0.105. The number of hydrogen-bond acceptors (Lipinski definition) is 5. The van der Waals surface area contributed by atoms with Crippen LogP contribution in [0.5, 0.6) is 11.5 Å². The highest BCUT2D eigenvalue weighted by atomic mass is 32.2. The number of carbonyl (C=O) groups excluding carboxylic acids is 1. The summed E-state index contributed by atoms with van der Waals surface area (Å²) in [6.45, 7) is 4.02. The molecule has 1 aromatic carbocycles. The molecular formula is C16H26N2O5S. The first-order valence-corrected chi connectivity index (χ1v) is 9.43. The van der Waals surface area contributed by atoms with Gasteiger partial charge in [-0.25, -0.2) is 12.7 Å². The normalized spacial score (nSPS) is 12.7. The summed E-state index contributed by atoms with van der Waals surface area (Å²) in [5.41, 5.74) is 0. The molecule has 0 spiro atoms. The van der Waals surface area contributed by atoms with Crippen LogP contribution in [0.4, 0.5) is 0 Å². The molecule has 0 aromatic heterocycles. The third-order valence-electron chi connectivity index (χ3n) is 3.53. The summed E-state index contributed by atoms with van der Waals surface area (Å²) >= 11 is 0. The van der Waals surface area contributed by atoms with E-state index < -0.39 is 16.1 Å². The monoisotopic (exact) mass is 358 g/mol. The maximum atomic E-state index is 12.0. The van der Waals surface area contributed by atoms with Crippen molar-refractivity contribution in [3.8, 4) is 11.5 Å². The first kappa shape index (κ1) is 20.2. The molecule has 0 fully saturated rings. The Kier molecular flexibility index (Phi) is 8.00. The standard InChI is InChI=1S/C16H26N2O5S/c1-5-24(20,21)18(3)12-6-11-17-16(19)13(2)23-15-9-7-14(22-4)8-10-15/h7-10,13H,5-6,11-12H2,1-4H3,(H,17,19). The smallest absolute Gasteiger partial charge is 0.260 e. The molecule has 1 rings (SSSR count). The Hall–Kier alpha value is -1.80. The van der Waals surface area contributed by atoms with E-state index in [1.54, 1.807) is 45.2 Å². The summed E-state index contributed by atoms with van der Waals surface area (Å²) in [5.74, 6) is 1.12. The van der Waals surface area contributed by atoms with Crippen LogP contribution in [-0.2, 0) is 14.8 Å². The zero-order chi connectivity index (χ0) is 18.2. The van der Waals surface area contributed by atoms with Crippen LogP contribution in [-0.4, -0.2) is 57.7 Å². The quantitative estimate of drug-likeness (QED) is 0.636. The van der Waals surface area contributed by atoms with E-state index in [9.17, 15) is 13.2 Å². The topological polar surface area (TPSA) is 84.9 Å². The van der Waals surface area contributed by atoms with E-state index >= 15 is 0 Å². The number of carbonyl (C=O) groups is 1. The Bertz CT molecular complexity index is 616. The van der Waals surface area contributed by atoms with Crippen LogP contribution in [0.15, 0.2) is 24.3 Å². The molecule has 1 atom stereocenters. The van der Waals surface area contributed by atoms with Crippen molar-refractivity contribution in [2.45, 2.75) is 26.4 Å². The molecular weight excluding hydrogens is 332 g/mol. The average Bonchev–Trinajstić information content (AvgIpc) is 2.58. The SMILES string of the molecule is CCS(=O)(=O)N(C)CCCNC(=O)C(C)Oc1ccc(OC)cc1. The number of ether oxygens (including phenoxy) is 2. The molecule has 1 amide bonds. The molecule has 1 N–H and O–H groups in total. The first-order chi connectivity index (χ1) is 11.3. The van der Waals surface area contributed by atoms with Crippen LogP contribution in [0.2, 0.25) is 0 Å². The zero-order valence-corrected chi connectivity index (χ0v) is 15.4. The van der Waals surface area contributed by atoms with E-state index in [1.807, 2.05) is 0 Å². The lowest BCUT2D eigenvalue weighted by molar-refractivity contribution is -0.127. The average molecular weight is 358 g/mol. The number of sulfonamides is 1. The van der Waals surface area contributed by atoms with Crippen molar-refractivity contribution < 1.29 is 22.7 Å². The molecule has 24 heavy (non-hydrogen) atoms. The summed E-state index contributed by atoms with van der Waals surface area (Å²) < 4.78 is 35.1. The molecule has 0 saturated heterocycles. The van der Waals surface area contributed by atoms with E-state index in [1.165, 1.54) is 11.4 Å². The number of amides is 1. The van der Waals surface area contributed by atoms with Gasteiger partial charge in [-0.05, 0) is 44.5 Å². The van der Waals surface area contributed by atoms with Gasteiger partial charge in [0, 0.05) is 20.1 Å². The van der Waals surface area contributed by atoms with Crippen molar-refractivity contribution in [2.24, 2.45) is 0 Å². The minimum Gasteiger partial charge on any atom is -0.497 e. The number of nitrogens with zero attached hydrogens (tertiary/aromatic N) is 1. The van der Waals surface area contributed by atoms with E-state index in [0.717, 1.165) is 0 Å². The van der Waals surface area contributed by atoms with Gasteiger partial charge in [-0.15, -0.1) is 0 Å². The van der Waals surface area contributed by atoms with Crippen LogP contribution < -0.4 is 14.8 Å². The summed E-state index contributed by atoms with van der Waals surface area (Å²) in [6, 6.07) is 6.97. The number of hydrogen-bond donors (Lipinski definition) is 1. The van der Waals surface area contributed by atoms with Crippen LogP contribution in [0, 0.1) is 0 Å². The second-order valence-electron chi connectivity index (χ2n) is 5.30. The van der Waals surface area contributed by atoms with Gasteiger partial charge in [0.15, 0.2) is 6.10 Å². The van der Waals surface area contributed by atoms with Gasteiger partial charge in [0.2, 0.25) is 10.0 Å². The lowest BCUT2D eigenvalue weighted by atomic mass is 10.3. The molecule has 0 aliphatic carbocycles. The van der Waals surface area contributed by atoms with Crippen LogP contribution in [0.3, 0.4) is 0 Å². The minimum atomic E-state index is -3.18. The molecule has 1 aromatic rings. The number of methoxy groups -OCH3 is 1. The number of nitrogens with one attached hydrogen (secondary N) is 1. The molecule has 0 bridgehead atoms. The maximum Gasteiger partial charge on any atom is 0.260 e. The highest BCUT2D eigenvalue weighted by Crippen LogP contribution is 2.18. The lowest BCUT2D eigenvalue weighted by Gasteiger charge is -2.17. The summed E-state index contributed by atoms with van der Waals surface area (Å²) in [5, 5.41) is 2.74. The van der Waals surface area contributed by atoms with Crippen LogP contribution in [0.25, 0.3) is 0 Å². The zero-order valence-electron chi connectivity index (χ0n) is 14.6. The summed E-state index contributed by atoms with van der Waals surface area (Å²) in [7, 11) is -0.0598. The second-order valence-corrected chi connectivity index (χ2v) is 7.67.